The van der Waals surface area contributed by atoms with Gasteiger partial charge in [-0.05, 0) is 36.1 Å². The van der Waals surface area contributed by atoms with Crippen LogP contribution in [0.2, 0.25) is 0 Å². The molecule has 1 aliphatic heterocycles. The second-order valence-electron chi connectivity index (χ2n) is 6.74. The first kappa shape index (κ1) is 19.1. The molecular formula is C21H20N4O3S. The minimum Gasteiger partial charge on any atom is -0.354 e. The van der Waals surface area contributed by atoms with Crippen LogP contribution in [0.3, 0.4) is 0 Å². The van der Waals surface area contributed by atoms with Gasteiger partial charge in [-0.15, -0.1) is 0 Å². The van der Waals surface area contributed by atoms with Crippen LogP contribution in [0.25, 0.3) is 11.3 Å². The van der Waals surface area contributed by atoms with Gasteiger partial charge in [0.1, 0.15) is 0 Å². The molecule has 0 bridgehead atoms. The number of thiophene rings is 1. The number of hydrogen-bond donors (Lipinski definition) is 1. The highest BCUT2D eigenvalue weighted by atomic mass is 32.1. The smallest absolute Gasteiger partial charge is 0.261 e. The standard InChI is InChI=1S/C21H20N4O3S/c26-19(22-9-12-24-11-7-18(23-24)15-8-13-29-14-15)6-3-10-25-20(27)16-4-1-2-5-17(16)21(25)28/h1-2,4-5,7-8,11,13-14H,3,6,9-10,12H2,(H,22,26). The summed E-state index contributed by atoms with van der Waals surface area (Å²) >= 11 is 1.63. The van der Waals surface area contributed by atoms with Crippen molar-refractivity contribution < 1.29 is 14.4 Å². The van der Waals surface area contributed by atoms with Crippen LogP contribution in [0, 0.1) is 0 Å². The maximum atomic E-state index is 12.3. The van der Waals surface area contributed by atoms with E-state index in [4.69, 9.17) is 0 Å². The van der Waals surface area contributed by atoms with Crippen LogP contribution in [-0.2, 0) is 11.3 Å². The van der Waals surface area contributed by atoms with Gasteiger partial charge >= 0.3 is 0 Å². The molecule has 2 aromatic heterocycles. The Balaban J connectivity index is 1.19. The van der Waals surface area contributed by atoms with Gasteiger partial charge in [0.05, 0.1) is 23.4 Å². The molecule has 148 valence electrons. The predicted molar refractivity (Wildman–Crippen MR) is 110 cm³/mol. The lowest BCUT2D eigenvalue weighted by Crippen LogP contribution is -2.32. The number of imide groups is 1. The summed E-state index contributed by atoms with van der Waals surface area (Å²) in [5.74, 6) is -0.677. The maximum absolute atomic E-state index is 12.3. The van der Waals surface area contributed by atoms with Gasteiger partial charge in [-0.25, -0.2) is 0 Å². The van der Waals surface area contributed by atoms with Crippen molar-refractivity contribution in [2.45, 2.75) is 19.4 Å². The molecular weight excluding hydrogens is 388 g/mol. The first-order valence-electron chi connectivity index (χ1n) is 9.41. The fourth-order valence-corrected chi connectivity index (χ4v) is 3.94. The molecule has 0 unspecified atom stereocenters. The number of nitrogens with zero attached hydrogens (tertiary/aromatic N) is 3. The third-order valence-electron chi connectivity index (χ3n) is 4.78. The van der Waals surface area contributed by atoms with Crippen LogP contribution in [0.15, 0.2) is 53.4 Å². The predicted octanol–water partition coefficient (Wildman–Crippen LogP) is 2.80. The van der Waals surface area contributed by atoms with E-state index in [0.29, 0.717) is 30.6 Å². The Bertz CT molecular complexity index is 1010. The molecule has 3 amide bonds. The number of carbonyl (C=O) groups excluding carboxylic acids is 3. The zero-order valence-corrected chi connectivity index (χ0v) is 16.5. The van der Waals surface area contributed by atoms with Gasteiger partial charge in [0.25, 0.3) is 11.8 Å². The summed E-state index contributed by atoms with van der Waals surface area (Å²) in [7, 11) is 0. The average Bonchev–Trinajstić information content (AvgIpc) is 3.46. The molecule has 1 aromatic carbocycles. The second-order valence-corrected chi connectivity index (χ2v) is 7.52. The second kappa shape index (κ2) is 8.40. The van der Waals surface area contributed by atoms with Crippen LogP contribution in [0.4, 0.5) is 0 Å². The van der Waals surface area contributed by atoms with Crippen LogP contribution < -0.4 is 5.32 Å². The van der Waals surface area contributed by atoms with Crippen molar-refractivity contribution in [1.29, 1.82) is 0 Å². The first-order chi connectivity index (χ1) is 14.1. The average molecular weight is 408 g/mol. The number of aromatic nitrogens is 2. The van der Waals surface area contributed by atoms with Crippen molar-refractivity contribution >= 4 is 29.1 Å². The molecule has 1 aliphatic rings. The molecule has 0 fully saturated rings. The summed E-state index contributed by atoms with van der Waals surface area (Å²) in [6.07, 6.45) is 2.58. The van der Waals surface area contributed by atoms with Gasteiger partial charge in [-0.2, -0.15) is 16.4 Å². The number of carbonyl (C=O) groups is 3. The Morgan fingerprint density at radius 3 is 2.48 bits per heavy atom. The van der Waals surface area contributed by atoms with Gasteiger partial charge in [0.15, 0.2) is 0 Å². The summed E-state index contributed by atoms with van der Waals surface area (Å²) in [4.78, 5) is 37.9. The van der Waals surface area contributed by atoms with Crippen LogP contribution in [0.1, 0.15) is 33.6 Å². The minimum atomic E-state index is -0.286. The van der Waals surface area contributed by atoms with Gasteiger partial charge in [-0.1, -0.05) is 12.1 Å². The van der Waals surface area contributed by atoms with Crippen LogP contribution in [-0.4, -0.2) is 45.5 Å². The Labute approximate surface area is 172 Å². The van der Waals surface area contributed by atoms with E-state index < -0.39 is 0 Å². The first-order valence-corrected chi connectivity index (χ1v) is 10.4. The lowest BCUT2D eigenvalue weighted by atomic mass is 10.1. The van der Waals surface area contributed by atoms with Crippen molar-refractivity contribution in [3.05, 3.63) is 64.5 Å². The van der Waals surface area contributed by atoms with Crippen molar-refractivity contribution in [3.8, 4) is 11.3 Å². The van der Waals surface area contributed by atoms with Crippen molar-refractivity contribution in [1.82, 2.24) is 20.0 Å². The zero-order valence-electron chi connectivity index (χ0n) is 15.7. The van der Waals surface area contributed by atoms with E-state index in [1.807, 2.05) is 29.1 Å². The monoisotopic (exact) mass is 408 g/mol. The SMILES string of the molecule is O=C(CCCN1C(=O)c2ccccc2C1=O)NCCn1ccc(-c2ccsc2)n1. The Morgan fingerprint density at radius 2 is 1.79 bits per heavy atom. The molecule has 4 rings (SSSR count). The highest BCUT2D eigenvalue weighted by Gasteiger charge is 2.34. The van der Waals surface area contributed by atoms with E-state index in [1.165, 1.54) is 4.90 Å². The zero-order chi connectivity index (χ0) is 20.2. The third kappa shape index (κ3) is 4.12. The summed E-state index contributed by atoms with van der Waals surface area (Å²) < 4.78 is 1.80. The molecule has 7 nitrogen and oxygen atoms in total. The number of benzene rings is 1. The molecule has 8 heteroatoms. The largest absolute Gasteiger partial charge is 0.354 e. The molecule has 3 heterocycles. The van der Waals surface area contributed by atoms with Crippen molar-refractivity contribution in [2.24, 2.45) is 0 Å². The number of fused-ring (bicyclic) bond motifs is 1. The van der Waals surface area contributed by atoms with Gasteiger partial charge < -0.3 is 5.32 Å². The Morgan fingerprint density at radius 1 is 1.03 bits per heavy atom. The molecule has 0 saturated heterocycles. The summed E-state index contributed by atoms with van der Waals surface area (Å²) in [5.41, 5.74) is 2.87. The lowest BCUT2D eigenvalue weighted by molar-refractivity contribution is -0.121. The summed E-state index contributed by atoms with van der Waals surface area (Å²) in [5, 5.41) is 11.4. The molecule has 0 saturated carbocycles. The number of rotatable bonds is 8. The van der Waals surface area contributed by atoms with Crippen LogP contribution >= 0.6 is 11.3 Å². The molecule has 3 aromatic rings. The fraction of sp³-hybridized carbons (Fsp3) is 0.238. The van der Waals surface area contributed by atoms with Gasteiger partial charge in [-0.3, -0.25) is 24.0 Å². The lowest BCUT2D eigenvalue weighted by Gasteiger charge is -2.13. The normalized spacial score (nSPS) is 13.0. The van der Waals surface area contributed by atoms with E-state index in [-0.39, 0.29) is 30.7 Å². The van der Waals surface area contributed by atoms with Gasteiger partial charge in [0, 0.05) is 36.7 Å². The van der Waals surface area contributed by atoms with E-state index in [2.05, 4.69) is 10.4 Å². The number of amides is 3. The minimum absolute atomic E-state index is 0.105. The van der Waals surface area contributed by atoms with Crippen molar-refractivity contribution in [2.75, 3.05) is 13.1 Å². The Kier molecular flexibility index (Phi) is 5.53. The Hall–Kier alpha value is -3.26. The van der Waals surface area contributed by atoms with E-state index >= 15 is 0 Å². The van der Waals surface area contributed by atoms with Gasteiger partial charge in [0.2, 0.25) is 5.91 Å². The molecule has 0 aliphatic carbocycles. The molecule has 0 radical (unpaired) electrons. The summed E-state index contributed by atoms with van der Waals surface area (Å²) in [6, 6.07) is 10.8. The van der Waals surface area contributed by atoms with Crippen molar-refractivity contribution in [3.63, 3.8) is 0 Å². The molecule has 29 heavy (non-hydrogen) atoms. The molecule has 0 spiro atoms. The van der Waals surface area contributed by atoms with E-state index in [1.54, 1.807) is 40.3 Å². The van der Waals surface area contributed by atoms with E-state index in [9.17, 15) is 14.4 Å². The quantitative estimate of drug-likeness (QED) is 0.581. The highest BCUT2D eigenvalue weighted by molar-refractivity contribution is 7.08. The molecule has 1 N–H and O–H groups in total. The number of hydrogen-bond acceptors (Lipinski definition) is 5. The molecule has 0 atom stereocenters. The topological polar surface area (TPSA) is 84.3 Å². The van der Waals surface area contributed by atoms with E-state index in [0.717, 1.165) is 11.3 Å². The maximum Gasteiger partial charge on any atom is 0.261 e. The highest BCUT2D eigenvalue weighted by Crippen LogP contribution is 2.22. The number of nitrogens with one attached hydrogen (secondary N) is 1. The third-order valence-corrected chi connectivity index (χ3v) is 5.47. The van der Waals surface area contributed by atoms with Crippen LogP contribution in [0.5, 0.6) is 0 Å². The summed E-state index contributed by atoms with van der Waals surface area (Å²) in [6.45, 7) is 1.29. The fourth-order valence-electron chi connectivity index (χ4n) is 3.29.